The maximum atomic E-state index is 13.0. The van der Waals surface area contributed by atoms with E-state index in [0.29, 0.717) is 0 Å². The zero-order valence-corrected chi connectivity index (χ0v) is 8.35. The molecule has 1 aromatic rings. The van der Waals surface area contributed by atoms with Gasteiger partial charge in [0.05, 0.1) is 23.5 Å². The third-order valence-electron chi connectivity index (χ3n) is 3.10. The second-order valence-electron chi connectivity index (χ2n) is 4.25. The van der Waals surface area contributed by atoms with E-state index >= 15 is 0 Å². The Morgan fingerprint density at radius 3 is 3.07 bits per heavy atom. The van der Waals surface area contributed by atoms with E-state index in [4.69, 9.17) is 4.74 Å². The number of hydrogen-bond donors (Lipinski definition) is 2. The highest BCUT2D eigenvalue weighted by atomic mass is 19.1. The predicted octanol–water partition coefficient (Wildman–Crippen LogP) is 1.82. The van der Waals surface area contributed by atoms with E-state index < -0.39 is 0 Å². The van der Waals surface area contributed by atoms with Crippen molar-refractivity contribution in [2.45, 2.75) is 12.0 Å². The van der Waals surface area contributed by atoms with Gasteiger partial charge in [-0.3, -0.25) is 0 Å². The second-order valence-corrected chi connectivity index (χ2v) is 4.25. The number of anilines is 2. The van der Waals surface area contributed by atoms with Crippen molar-refractivity contribution in [3.05, 3.63) is 24.0 Å². The van der Waals surface area contributed by atoms with Crippen molar-refractivity contribution < 1.29 is 9.13 Å². The van der Waals surface area contributed by atoms with Crippen molar-refractivity contribution in [2.24, 2.45) is 0 Å². The van der Waals surface area contributed by atoms with Crippen molar-refractivity contribution in [1.29, 1.82) is 0 Å². The molecule has 2 heterocycles. The van der Waals surface area contributed by atoms with Crippen LogP contribution in [0.1, 0.15) is 6.42 Å². The standard InChI is InChI=1S/C11H13FN2O/c12-8-1-2-9-10(5-8)13-6-11(14-9)3-4-15-7-11/h1-2,5,13-14H,3-4,6-7H2. The maximum absolute atomic E-state index is 13.0. The molecule has 0 radical (unpaired) electrons. The summed E-state index contributed by atoms with van der Waals surface area (Å²) >= 11 is 0. The third-order valence-corrected chi connectivity index (χ3v) is 3.10. The Hall–Kier alpha value is -1.29. The lowest BCUT2D eigenvalue weighted by Gasteiger charge is -2.36. The molecular formula is C11H13FN2O. The van der Waals surface area contributed by atoms with Crippen molar-refractivity contribution in [2.75, 3.05) is 30.4 Å². The number of halogens is 1. The van der Waals surface area contributed by atoms with Gasteiger partial charge in [-0.1, -0.05) is 0 Å². The SMILES string of the molecule is Fc1ccc2c(c1)NCC1(CCOC1)N2. The molecule has 80 valence electrons. The summed E-state index contributed by atoms with van der Waals surface area (Å²) in [5.41, 5.74) is 1.81. The zero-order valence-electron chi connectivity index (χ0n) is 8.35. The summed E-state index contributed by atoms with van der Waals surface area (Å²) in [7, 11) is 0. The quantitative estimate of drug-likeness (QED) is 0.682. The predicted molar refractivity (Wildman–Crippen MR) is 56.7 cm³/mol. The van der Waals surface area contributed by atoms with E-state index in [2.05, 4.69) is 10.6 Å². The van der Waals surface area contributed by atoms with E-state index in [0.717, 1.165) is 37.6 Å². The van der Waals surface area contributed by atoms with Gasteiger partial charge in [-0.05, 0) is 24.6 Å². The van der Waals surface area contributed by atoms with E-state index in [1.54, 1.807) is 6.07 Å². The van der Waals surface area contributed by atoms with Crippen LogP contribution in [0.4, 0.5) is 15.8 Å². The maximum Gasteiger partial charge on any atom is 0.125 e. The van der Waals surface area contributed by atoms with Crippen LogP contribution >= 0.6 is 0 Å². The van der Waals surface area contributed by atoms with Crippen LogP contribution in [0.5, 0.6) is 0 Å². The molecule has 4 heteroatoms. The Labute approximate surface area is 87.6 Å². The van der Waals surface area contributed by atoms with Gasteiger partial charge in [-0.2, -0.15) is 0 Å². The van der Waals surface area contributed by atoms with E-state index in [-0.39, 0.29) is 11.4 Å². The fourth-order valence-corrected chi connectivity index (χ4v) is 2.21. The normalized spacial score (nSPS) is 28.3. The van der Waals surface area contributed by atoms with Gasteiger partial charge in [0.25, 0.3) is 0 Å². The Balaban J connectivity index is 1.93. The average Bonchev–Trinajstić information content (AvgIpc) is 2.67. The Morgan fingerprint density at radius 2 is 2.27 bits per heavy atom. The van der Waals surface area contributed by atoms with E-state index in [1.165, 1.54) is 12.1 Å². The number of benzene rings is 1. The largest absolute Gasteiger partial charge is 0.381 e. The molecular weight excluding hydrogens is 195 g/mol. The van der Waals surface area contributed by atoms with Gasteiger partial charge in [0.2, 0.25) is 0 Å². The molecule has 1 unspecified atom stereocenters. The van der Waals surface area contributed by atoms with Crippen LogP contribution in [0.25, 0.3) is 0 Å². The number of rotatable bonds is 0. The molecule has 1 spiro atoms. The van der Waals surface area contributed by atoms with Crippen LogP contribution in [0.15, 0.2) is 18.2 Å². The summed E-state index contributed by atoms with van der Waals surface area (Å²) in [5, 5.41) is 6.70. The molecule has 15 heavy (non-hydrogen) atoms. The molecule has 1 atom stereocenters. The summed E-state index contributed by atoms with van der Waals surface area (Å²) < 4.78 is 18.4. The first kappa shape index (κ1) is 8.97. The van der Waals surface area contributed by atoms with Gasteiger partial charge >= 0.3 is 0 Å². The molecule has 0 aliphatic carbocycles. The molecule has 0 bridgehead atoms. The third kappa shape index (κ3) is 1.45. The number of fused-ring (bicyclic) bond motifs is 1. The highest BCUT2D eigenvalue weighted by molar-refractivity contribution is 5.72. The molecule has 2 aliphatic heterocycles. The molecule has 2 aliphatic rings. The Kier molecular flexibility index (Phi) is 1.85. The zero-order chi connectivity index (χ0) is 10.3. The summed E-state index contributed by atoms with van der Waals surface area (Å²) in [4.78, 5) is 0. The molecule has 2 N–H and O–H groups in total. The van der Waals surface area contributed by atoms with Gasteiger partial charge in [0.15, 0.2) is 0 Å². The van der Waals surface area contributed by atoms with Crippen LogP contribution in [0, 0.1) is 5.82 Å². The topological polar surface area (TPSA) is 33.3 Å². The first-order valence-electron chi connectivity index (χ1n) is 5.17. The van der Waals surface area contributed by atoms with Crippen molar-refractivity contribution >= 4 is 11.4 Å². The van der Waals surface area contributed by atoms with Gasteiger partial charge in [0, 0.05) is 13.2 Å². The molecule has 1 fully saturated rings. The molecule has 1 aromatic carbocycles. The average molecular weight is 208 g/mol. The summed E-state index contributed by atoms with van der Waals surface area (Å²) in [6, 6.07) is 4.77. The summed E-state index contributed by atoms with van der Waals surface area (Å²) in [5.74, 6) is -0.207. The van der Waals surface area contributed by atoms with Crippen LogP contribution in [0.3, 0.4) is 0 Å². The fourth-order valence-electron chi connectivity index (χ4n) is 2.21. The minimum atomic E-state index is -0.207. The van der Waals surface area contributed by atoms with E-state index in [9.17, 15) is 4.39 Å². The molecule has 0 amide bonds. The number of ether oxygens (including phenoxy) is 1. The molecule has 1 saturated heterocycles. The fraction of sp³-hybridized carbons (Fsp3) is 0.455. The molecule has 0 aromatic heterocycles. The van der Waals surface area contributed by atoms with Crippen molar-refractivity contribution in [3.8, 4) is 0 Å². The van der Waals surface area contributed by atoms with Crippen LogP contribution in [-0.2, 0) is 4.74 Å². The van der Waals surface area contributed by atoms with Gasteiger partial charge < -0.3 is 15.4 Å². The van der Waals surface area contributed by atoms with Gasteiger partial charge in [-0.15, -0.1) is 0 Å². The Bertz CT molecular complexity index is 388. The first-order valence-corrected chi connectivity index (χ1v) is 5.17. The van der Waals surface area contributed by atoms with Gasteiger partial charge in [0.1, 0.15) is 5.82 Å². The molecule has 3 rings (SSSR count). The Morgan fingerprint density at radius 1 is 1.33 bits per heavy atom. The van der Waals surface area contributed by atoms with Gasteiger partial charge in [-0.25, -0.2) is 4.39 Å². The highest BCUT2D eigenvalue weighted by Gasteiger charge is 2.37. The minimum Gasteiger partial charge on any atom is -0.381 e. The van der Waals surface area contributed by atoms with E-state index in [1.807, 2.05) is 0 Å². The molecule has 3 nitrogen and oxygen atoms in total. The van der Waals surface area contributed by atoms with Crippen LogP contribution in [0.2, 0.25) is 0 Å². The lowest BCUT2D eigenvalue weighted by atomic mass is 9.95. The van der Waals surface area contributed by atoms with Crippen LogP contribution in [-0.4, -0.2) is 25.3 Å². The highest BCUT2D eigenvalue weighted by Crippen LogP contribution is 2.34. The summed E-state index contributed by atoms with van der Waals surface area (Å²) in [6.07, 6.45) is 0.997. The van der Waals surface area contributed by atoms with Crippen LogP contribution < -0.4 is 10.6 Å². The monoisotopic (exact) mass is 208 g/mol. The van der Waals surface area contributed by atoms with Crippen molar-refractivity contribution in [3.63, 3.8) is 0 Å². The second kappa shape index (κ2) is 3.10. The van der Waals surface area contributed by atoms with Crippen molar-refractivity contribution in [1.82, 2.24) is 0 Å². The first-order chi connectivity index (χ1) is 7.27. The smallest absolute Gasteiger partial charge is 0.125 e. The summed E-state index contributed by atoms with van der Waals surface area (Å²) in [6.45, 7) is 2.31. The number of nitrogens with one attached hydrogen (secondary N) is 2. The minimum absolute atomic E-state index is 0.00479. The molecule has 0 saturated carbocycles. The lowest BCUT2D eigenvalue weighted by molar-refractivity contribution is 0.184. The lowest BCUT2D eigenvalue weighted by Crippen LogP contribution is -2.48. The number of hydrogen-bond acceptors (Lipinski definition) is 3.